The van der Waals surface area contributed by atoms with Gasteiger partial charge in [-0.2, -0.15) is 0 Å². The zero-order valence-corrected chi connectivity index (χ0v) is 23.3. The van der Waals surface area contributed by atoms with E-state index in [-0.39, 0.29) is 20.1 Å². The van der Waals surface area contributed by atoms with Crippen LogP contribution in [0.1, 0.15) is 19.9 Å². The van der Waals surface area contributed by atoms with E-state index in [1.165, 1.54) is 22.1 Å². The van der Waals surface area contributed by atoms with Crippen LogP contribution in [0.15, 0.2) is 97.2 Å². The van der Waals surface area contributed by atoms with Crippen molar-refractivity contribution in [2.45, 2.75) is 19.9 Å². The number of para-hydroxylation sites is 1. The first-order valence-corrected chi connectivity index (χ1v) is 12.2. The number of hydrogen-bond donors (Lipinski definition) is 0. The van der Waals surface area contributed by atoms with Crippen LogP contribution in [0.2, 0.25) is 0 Å². The van der Waals surface area contributed by atoms with Gasteiger partial charge in [-0.15, -0.1) is 70.9 Å². The first-order chi connectivity index (χ1) is 17.6. The van der Waals surface area contributed by atoms with Crippen LogP contribution in [0, 0.1) is 18.5 Å². The number of hydrogen-bond acceptors (Lipinski definition) is 2. The molecule has 5 heteroatoms. The van der Waals surface area contributed by atoms with Crippen LogP contribution in [0.3, 0.4) is 0 Å². The van der Waals surface area contributed by atoms with Crippen LogP contribution >= 0.6 is 0 Å². The Balaban J connectivity index is 0.000000183. The maximum Gasteiger partial charge on any atom is 3.00 e. The third kappa shape index (κ3) is 4.46. The normalized spacial score (nSPS) is 11.6. The molecule has 0 spiro atoms. The van der Waals surface area contributed by atoms with Gasteiger partial charge in [-0.25, -0.2) is 0 Å². The molecule has 1 aliphatic heterocycles. The smallest absolute Gasteiger partial charge is 0.394 e. The van der Waals surface area contributed by atoms with Crippen molar-refractivity contribution in [3.05, 3.63) is 116 Å². The summed E-state index contributed by atoms with van der Waals surface area (Å²) in [5.74, 6) is 0. The van der Waals surface area contributed by atoms with Gasteiger partial charge < -0.3 is 19.0 Å². The number of nitrogens with zero attached hydrogens (tertiary/aromatic N) is 4. The quantitative estimate of drug-likeness (QED) is 0.150. The van der Waals surface area contributed by atoms with Crippen molar-refractivity contribution >= 4 is 33.2 Å². The van der Waals surface area contributed by atoms with Gasteiger partial charge >= 0.3 is 20.1 Å². The van der Waals surface area contributed by atoms with Crippen molar-refractivity contribution in [3.8, 4) is 16.9 Å². The minimum absolute atomic E-state index is 0. The summed E-state index contributed by atoms with van der Waals surface area (Å²) in [5.41, 5.74) is 7.86. The molecule has 0 bridgehead atoms. The first kappa shape index (κ1) is 24.9. The standard InChI is InChI=1S/C21H18N3.C11H8N.Ir/c1-14(2)23-13-24-20-12-16-8-5-4-7-15(16)11-19(20)22(3)17-9-6-10-18(23)21(17)24;1-2-6-10(7-3-1)11-8-4-5-9-12-11;/h4-11,14H,1-3H3;1-6,8-9H;/q2*-1;+3. The second kappa shape index (κ2) is 10.3. The Hall–Kier alpha value is -3.79. The van der Waals surface area contributed by atoms with Crippen molar-refractivity contribution in [1.29, 1.82) is 0 Å². The topological polar surface area (TPSA) is 24.9 Å². The van der Waals surface area contributed by atoms with Crippen LogP contribution in [-0.4, -0.2) is 16.6 Å². The Labute approximate surface area is 231 Å². The van der Waals surface area contributed by atoms with Crippen molar-refractivity contribution < 1.29 is 24.7 Å². The van der Waals surface area contributed by atoms with Gasteiger partial charge in [0.25, 0.3) is 0 Å². The van der Waals surface area contributed by atoms with Gasteiger partial charge in [-0.05, 0) is 43.0 Å². The van der Waals surface area contributed by atoms with E-state index in [0.29, 0.717) is 6.04 Å². The van der Waals surface area contributed by atoms with E-state index < -0.39 is 0 Å². The Morgan fingerprint density at radius 3 is 2.43 bits per heavy atom. The second-order valence-electron chi connectivity index (χ2n) is 9.18. The predicted octanol–water partition coefficient (Wildman–Crippen LogP) is 6.88. The van der Waals surface area contributed by atoms with Crippen LogP contribution in [0.4, 0.5) is 11.4 Å². The molecule has 0 N–H and O–H groups in total. The Bertz CT molecular complexity index is 1640. The fourth-order valence-corrected chi connectivity index (χ4v) is 4.76. The summed E-state index contributed by atoms with van der Waals surface area (Å²) >= 11 is 0. The summed E-state index contributed by atoms with van der Waals surface area (Å²) in [6, 6.07) is 37.9. The second-order valence-corrected chi connectivity index (χ2v) is 9.18. The maximum absolute atomic E-state index is 4.22. The zero-order valence-electron chi connectivity index (χ0n) is 20.9. The average Bonchev–Trinajstić information content (AvgIpc) is 3.33. The maximum atomic E-state index is 4.22. The summed E-state index contributed by atoms with van der Waals surface area (Å²) in [6.45, 7) is 4.39. The summed E-state index contributed by atoms with van der Waals surface area (Å²) in [6.07, 6.45) is 5.34. The molecule has 6 aromatic rings. The molecule has 37 heavy (non-hydrogen) atoms. The van der Waals surface area contributed by atoms with E-state index in [4.69, 9.17) is 0 Å². The Morgan fingerprint density at radius 1 is 0.865 bits per heavy atom. The molecule has 0 unspecified atom stereocenters. The molecule has 0 radical (unpaired) electrons. The summed E-state index contributed by atoms with van der Waals surface area (Å²) in [4.78, 5) is 6.48. The molecule has 0 fully saturated rings. The van der Waals surface area contributed by atoms with Gasteiger partial charge in [0.2, 0.25) is 6.33 Å². The van der Waals surface area contributed by atoms with Crippen molar-refractivity contribution in [3.63, 3.8) is 0 Å². The van der Waals surface area contributed by atoms with E-state index in [0.717, 1.165) is 28.0 Å². The molecular weight excluding hydrogens is 633 g/mol. The average molecular weight is 659 g/mol. The van der Waals surface area contributed by atoms with E-state index in [1.54, 1.807) is 6.20 Å². The number of aromatic nitrogens is 3. The fourth-order valence-electron chi connectivity index (χ4n) is 4.76. The Morgan fingerprint density at radius 2 is 1.68 bits per heavy atom. The largest absolute Gasteiger partial charge is 3.00 e. The number of rotatable bonds is 2. The molecule has 0 saturated heterocycles. The third-order valence-electron chi connectivity index (χ3n) is 6.55. The van der Waals surface area contributed by atoms with Crippen LogP contribution in [0.25, 0.3) is 38.8 Å². The monoisotopic (exact) mass is 659 g/mol. The first-order valence-electron chi connectivity index (χ1n) is 12.2. The molecule has 0 atom stereocenters. The van der Waals surface area contributed by atoms with Gasteiger partial charge in [0.05, 0.1) is 17.1 Å². The van der Waals surface area contributed by atoms with E-state index in [1.807, 2.05) is 42.5 Å². The SMILES string of the molecule is CC(C)n1[c-][n+]2c3c(cccc31)N(C)c1cc3ccccc3[c-]c1-2.[Ir+3].[c-]1ccccc1-c1ccccn1. The minimum atomic E-state index is 0. The minimum Gasteiger partial charge on any atom is -0.394 e. The predicted molar refractivity (Wildman–Crippen MR) is 146 cm³/mol. The molecule has 2 aromatic heterocycles. The van der Waals surface area contributed by atoms with E-state index in [2.05, 4.69) is 107 Å². The van der Waals surface area contributed by atoms with Crippen LogP contribution in [-0.2, 0) is 20.1 Å². The van der Waals surface area contributed by atoms with E-state index in [9.17, 15) is 0 Å². The molecule has 7 rings (SSSR count). The molecular formula is C32H26IrN4+. The molecule has 0 amide bonds. The van der Waals surface area contributed by atoms with Crippen molar-refractivity contribution in [1.82, 2.24) is 9.55 Å². The molecule has 0 aliphatic carbocycles. The third-order valence-corrected chi connectivity index (χ3v) is 6.55. The number of imidazole rings is 1. The number of fused-ring (bicyclic) bond motifs is 3. The molecule has 182 valence electrons. The number of benzene rings is 4. The number of pyridine rings is 1. The Kier molecular flexibility index (Phi) is 6.92. The zero-order chi connectivity index (χ0) is 24.6. The van der Waals surface area contributed by atoms with Gasteiger partial charge in [0.15, 0.2) is 0 Å². The molecule has 0 saturated carbocycles. The summed E-state index contributed by atoms with van der Waals surface area (Å²) in [5, 5.41) is 2.35. The number of anilines is 2. The van der Waals surface area contributed by atoms with Crippen LogP contribution < -0.4 is 9.47 Å². The van der Waals surface area contributed by atoms with Gasteiger partial charge in [-0.3, -0.25) is 0 Å². The summed E-state index contributed by atoms with van der Waals surface area (Å²) in [7, 11) is 2.13. The van der Waals surface area contributed by atoms with Gasteiger partial charge in [0, 0.05) is 18.9 Å². The van der Waals surface area contributed by atoms with Gasteiger partial charge in [0.1, 0.15) is 0 Å². The molecule has 4 nitrogen and oxygen atoms in total. The fraction of sp³-hybridized carbons (Fsp3) is 0.125. The van der Waals surface area contributed by atoms with E-state index >= 15 is 0 Å². The molecule has 1 aliphatic rings. The molecule has 4 aromatic carbocycles. The molecule has 3 heterocycles. The van der Waals surface area contributed by atoms with Gasteiger partial charge in [-0.1, -0.05) is 36.4 Å². The van der Waals surface area contributed by atoms with Crippen molar-refractivity contribution in [2.24, 2.45) is 0 Å². The summed E-state index contributed by atoms with van der Waals surface area (Å²) < 4.78 is 4.39. The van der Waals surface area contributed by atoms with Crippen molar-refractivity contribution in [2.75, 3.05) is 11.9 Å². The van der Waals surface area contributed by atoms with Crippen LogP contribution in [0.5, 0.6) is 0 Å².